The Kier molecular flexibility index (Phi) is 4.83. The summed E-state index contributed by atoms with van der Waals surface area (Å²) in [4.78, 5) is 24.6. The third kappa shape index (κ3) is 4.12. The first kappa shape index (κ1) is 15.6. The van der Waals surface area contributed by atoms with Crippen LogP contribution in [0.4, 0.5) is 4.79 Å². The highest BCUT2D eigenvalue weighted by Crippen LogP contribution is 2.12. The van der Waals surface area contributed by atoms with E-state index in [1.54, 1.807) is 36.2 Å². The predicted molar refractivity (Wildman–Crippen MR) is 82.1 cm³/mol. The number of carbonyl (C=O) groups excluding carboxylic acids is 2. The van der Waals surface area contributed by atoms with Crippen LogP contribution in [0.25, 0.3) is 0 Å². The van der Waals surface area contributed by atoms with Gasteiger partial charge in [0.1, 0.15) is 11.5 Å². The van der Waals surface area contributed by atoms with Crippen LogP contribution in [0.5, 0.6) is 0 Å². The van der Waals surface area contributed by atoms with Gasteiger partial charge in [-0.25, -0.2) is 4.79 Å². The van der Waals surface area contributed by atoms with E-state index in [9.17, 15) is 9.59 Å². The molecule has 6 heteroatoms. The molecule has 1 aromatic heterocycles. The van der Waals surface area contributed by atoms with Crippen molar-refractivity contribution in [2.45, 2.75) is 20.0 Å². The van der Waals surface area contributed by atoms with Crippen molar-refractivity contribution < 1.29 is 14.0 Å². The first-order valence-corrected chi connectivity index (χ1v) is 6.88. The summed E-state index contributed by atoms with van der Waals surface area (Å²) >= 11 is 0. The van der Waals surface area contributed by atoms with Gasteiger partial charge in [0.15, 0.2) is 0 Å². The van der Waals surface area contributed by atoms with Gasteiger partial charge in [-0.15, -0.1) is 0 Å². The molecule has 22 heavy (non-hydrogen) atoms. The topological polar surface area (TPSA) is 88.6 Å². The average Bonchev–Trinajstić information content (AvgIpc) is 2.90. The zero-order chi connectivity index (χ0) is 16.1. The molecule has 0 aliphatic rings. The van der Waals surface area contributed by atoms with Crippen LogP contribution in [0.1, 0.15) is 27.4 Å². The fourth-order valence-corrected chi connectivity index (χ4v) is 2.05. The summed E-state index contributed by atoms with van der Waals surface area (Å²) in [6.45, 7) is 2.62. The van der Waals surface area contributed by atoms with Gasteiger partial charge in [-0.2, -0.15) is 0 Å². The zero-order valence-electron chi connectivity index (χ0n) is 12.6. The predicted octanol–water partition coefficient (Wildman–Crippen LogP) is 2.03. The van der Waals surface area contributed by atoms with Crippen molar-refractivity contribution in [3.8, 4) is 0 Å². The van der Waals surface area contributed by atoms with Gasteiger partial charge in [0.05, 0.1) is 6.54 Å². The van der Waals surface area contributed by atoms with Crippen molar-refractivity contribution in [3.05, 3.63) is 59.0 Å². The quantitative estimate of drug-likeness (QED) is 0.885. The Balaban J connectivity index is 1.97. The third-order valence-corrected chi connectivity index (χ3v) is 3.20. The van der Waals surface area contributed by atoms with Gasteiger partial charge in [-0.05, 0) is 36.8 Å². The van der Waals surface area contributed by atoms with Crippen molar-refractivity contribution in [2.75, 3.05) is 7.05 Å². The van der Waals surface area contributed by atoms with Crippen LogP contribution >= 0.6 is 0 Å². The molecular formula is C16H19N3O3. The Morgan fingerprint density at radius 1 is 1.18 bits per heavy atom. The van der Waals surface area contributed by atoms with Gasteiger partial charge < -0.3 is 20.4 Å². The van der Waals surface area contributed by atoms with E-state index in [-0.39, 0.29) is 5.91 Å². The van der Waals surface area contributed by atoms with Gasteiger partial charge in [0.2, 0.25) is 0 Å². The summed E-state index contributed by atoms with van der Waals surface area (Å²) in [5.41, 5.74) is 6.47. The normalized spacial score (nSPS) is 10.3. The highest BCUT2D eigenvalue weighted by atomic mass is 16.3. The van der Waals surface area contributed by atoms with Gasteiger partial charge >= 0.3 is 6.03 Å². The molecule has 0 aliphatic carbocycles. The molecule has 0 fully saturated rings. The molecule has 116 valence electrons. The number of carbonyl (C=O) groups is 2. The Morgan fingerprint density at radius 3 is 2.41 bits per heavy atom. The number of aryl methyl sites for hydroxylation is 1. The van der Waals surface area contributed by atoms with Crippen molar-refractivity contribution in [1.29, 1.82) is 0 Å². The van der Waals surface area contributed by atoms with E-state index in [0.29, 0.717) is 18.7 Å². The molecule has 6 nitrogen and oxygen atoms in total. The van der Waals surface area contributed by atoms with Gasteiger partial charge in [0.25, 0.3) is 5.91 Å². The maximum absolute atomic E-state index is 12.3. The van der Waals surface area contributed by atoms with E-state index in [1.807, 2.05) is 19.1 Å². The van der Waals surface area contributed by atoms with Crippen LogP contribution in [0.15, 0.2) is 40.8 Å². The summed E-state index contributed by atoms with van der Waals surface area (Å²) < 4.78 is 5.47. The highest BCUT2D eigenvalue weighted by molar-refractivity contribution is 5.94. The fourth-order valence-electron chi connectivity index (χ4n) is 2.05. The number of nitrogens with zero attached hydrogens (tertiary/aromatic N) is 1. The number of benzene rings is 1. The molecule has 3 amide bonds. The van der Waals surface area contributed by atoms with Crippen LogP contribution in [-0.2, 0) is 13.1 Å². The van der Waals surface area contributed by atoms with Crippen molar-refractivity contribution in [2.24, 2.45) is 5.73 Å². The zero-order valence-corrected chi connectivity index (χ0v) is 12.6. The lowest BCUT2D eigenvalue weighted by Gasteiger charge is -2.16. The van der Waals surface area contributed by atoms with Crippen LogP contribution in [0.2, 0.25) is 0 Å². The number of primary amides is 1. The Morgan fingerprint density at radius 2 is 1.86 bits per heavy atom. The summed E-state index contributed by atoms with van der Waals surface area (Å²) in [5, 5.41) is 2.50. The molecule has 0 atom stereocenters. The summed E-state index contributed by atoms with van der Waals surface area (Å²) in [6, 6.07) is 10.2. The van der Waals surface area contributed by atoms with E-state index in [0.717, 1.165) is 17.1 Å². The molecule has 0 spiro atoms. The number of nitrogens with two attached hydrogens (primary N) is 1. The largest absolute Gasteiger partial charge is 0.464 e. The lowest BCUT2D eigenvalue weighted by Crippen LogP contribution is -2.28. The summed E-state index contributed by atoms with van der Waals surface area (Å²) in [6.07, 6.45) is 0. The SMILES string of the molecule is Cc1ccc(CN(C)C(=O)c2ccc(CNC(N)=O)cc2)o1. The van der Waals surface area contributed by atoms with E-state index >= 15 is 0 Å². The van der Waals surface area contributed by atoms with E-state index in [4.69, 9.17) is 10.2 Å². The lowest BCUT2D eigenvalue weighted by molar-refractivity contribution is 0.0775. The van der Waals surface area contributed by atoms with Crippen LogP contribution in [0.3, 0.4) is 0 Å². The second-order valence-corrected chi connectivity index (χ2v) is 5.09. The fraction of sp³-hybridized carbons (Fsp3) is 0.250. The van der Waals surface area contributed by atoms with Crippen molar-refractivity contribution >= 4 is 11.9 Å². The molecule has 2 aromatic rings. The molecule has 2 rings (SSSR count). The average molecular weight is 301 g/mol. The first-order chi connectivity index (χ1) is 10.5. The van der Waals surface area contributed by atoms with Crippen LogP contribution in [0, 0.1) is 6.92 Å². The van der Waals surface area contributed by atoms with E-state index in [2.05, 4.69) is 5.32 Å². The Hall–Kier alpha value is -2.76. The van der Waals surface area contributed by atoms with Crippen molar-refractivity contribution in [3.63, 3.8) is 0 Å². The number of hydrogen-bond donors (Lipinski definition) is 2. The van der Waals surface area contributed by atoms with Crippen molar-refractivity contribution in [1.82, 2.24) is 10.2 Å². The standard InChI is InChI=1S/C16H19N3O3/c1-11-3-8-14(22-11)10-19(2)15(20)13-6-4-12(5-7-13)9-18-16(17)21/h3-8H,9-10H2,1-2H3,(H3,17,18,21). The highest BCUT2D eigenvalue weighted by Gasteiger charge is 2.13. The molecule has 3 N–H and O–H groups in total. The number of amides is 3. The molecule has 0 saturated heterocycles. The Bertz CT molecular complexity index is 662. The second kappa shape index (κ2) is 6.80. The molecule has 1 aromatic carbocycles. The molecule has 1 heterocycles. The molecule has 0 bridgehead atoms. The van der Waals surface area contributed by atoms with Gasteiger partial charge in [-0.1, -0.05) is 12.1 Å². The second-order valence-electron chi connectivity index (χ2n) is 5.09. The summed E-state index contributed by atoms with van der Waals surface area (Å²) in [5.74, 6) is 1.47. The monoisotopic (exact) mass is 301 g/mol. The number of furan rings is 1. The molecular weight excluding hydrogens is 282 g/mol. The minimum Gasteiger partial charge on any atom is -0.464 e. The number of hydrogen-bond acceptors (Lipinski definition) is 3. The number of urea groups is 1. The van der Waals surface area contributed by atoms with Crippen LogP contribution < -0.4 is 11.1 Å². The molecule has 0 saturated carbocycles. The molecule has 0 unspecified atom stereocenters. The van der Waals surface area contributed by atoms with Gasteiger partial charge in [-0.3, -0.25) is 4.79 Å². The first-order valence-electron chi connectivity index (χ1n) is 6.88. The third-order valence-electron chi connectivity index (χ3n) is 3.20. The number of nitrogens with one attached hydrogen (secondary N) is 1. The molecule has 0 aliphatic heterocycles. The maximum Gasteiger partial charge on any atom is 0.312 e. The Labute approximate surface area is 128 Å². The minimum absolute atomic E-state index is 0.0940. The van der Waals surface area contributed by atoms with Crippen LogP contribution in [-0.4, -0.2) is 23.9 Å². The lowest BCUT2D eigenvalue weighted by atomic mass is 10.1. The summed E-state index contributed by atoms with van der Waals surface area (Å²) in [7, 11) is 1.72. The van der Waals surface area contributed by atoms with E-state index in [1.165, 1.54) is 0 Å². The maximum atomic E-state index is 12.3. The smallest absolute Gasteiger partial charge is 0.312 e. The molecule has 0 radical (unpaired) electrons. The minimum atomic E-state index is -0.575. The van der Waals surface area contributed by atoms with Gasteiger partial charge in [0, 0.05) is 19.2 Å². The van der Waals surface area contributed by atoms with E-state index < -0.39 is 6.03 Å². The number of rotatable bonds is 5.